The van der Waals surface area contributed by atoms with Crippen LogP contribution < -0.4 is 5.73 Å². The van der Waals surface area contributed by atoms with Gasteiger partial charge in [-0.15, -0.1) is 0 Å². The minimum absolute atomic E-state index is 0.0653. The van der Waals surface area contributed by atoms with Gasteiger partial charge in [0.2, 0.25) is 0 Å². The number of hydrogen-bond acceptors (Lipinski definition) is 2. The zero-order valence-corrected chi connectivity index (χ0v) is 10.5. The van der Waals surface area contributed by atoms with E-state index in [4.69, 9.17) is 5.73 Å². The molecule has 0 aliphatic carbocycles. The van der Waals surface area contributed by atoms with Gasteiger partial charge in [-0.2, -0.15) is 0 Å². The van der Waals surface area contributed by atoms with Crippen LogP contribution in [0.15, 0.2) is 18.2 Å². The van der Waals surface area contributed by atoms with Crippen molar-refractivity contribution in [1.29, 1.82) is 0 Å². The van der Waals surface area contributed by atoms with Crippen LogP contribution >= 0.6 is 0 Å². The molecule has 2 N–H and O–H groups in total. The summed E-state index contributed by atoms with van der Waals surface area (Å²) in [6.07, 6.45) is 2.14. The third-order valence-corrected chi connectivity index (χ3v) is 3.05. The van der Waals surface area contributed by atoms with Gasteiger partial charge in [0.15, 0.2) is 0 Å². The molecule has 0 aliphatic heterocycles. The molecule has 1 aromatic rings. The van der Waals surface area contributed by atoms with Crippen LogP contribution in [0, 0.1) is 18.7 Å². The van der Waals surface area contributed by atoms with Crippen molar-refractivity contribution in [2.75, 3.05) is 6.54 Å². The van der Waals surface area contributed by atoms with Crippen molar-refractivity contribution in [2.24, 2.45) is 11.7 Å². The van der Waals surface area contributed by atoms with Crippen LogP contribution in [-0.2, 0) is 11.2 Å². The fraction of sp³-hybridized carbons (Fsp3) is 0.500. The van der Waals surface area contributed by atoms with Gasteiger partial charge < -0.3 is 5.73 Å². The number of ketones is 1. The molecule has 0 bridgehead atoms. The number of nitrogens with two attached hydrogens (primary N) is 1. The Bertz CT molecular complexity index is 390. The number of Topliss-reactive ketones (excluding diaryl/α,β-unsaturated/α-hetero) is 1. The summed E-state index contributed by atoms with van der Waals surface area (Å²) in [6.45, 7) is 4.26. The van der Waals surface area contributed by atoms with Gasteiger partial charge in [-0.05, 0) is 36.6 Å². The highest BCUT2D eigenvalue weighted by Gasteiger charge is 2.16. The average Bonchev–Trinajstić information content (AvgIpc) is 2.29. The summed E-state index contributed by atoms with van der Waals surface area (Å²) in [4.78, 5) is 12.0. The topological polar surface area (TPSA) is 43.1 Å². The van der Waals surface area contributed by atoms with E-state index in [9.17, 15) is 9.18 Å². The number of benzene rings is 1. The van der Waals surface area contributed by atoms with E-state index in [1.165, 1.54) is 12.1 Å². The molecule has 17 heavy (non-hydrogen) atoms. The highest BCUT2D eigenvalue weighted by molar-refractivity contribution is 5.83. The van der Waals surface area contributed by atoms with Gasteiger partial charge in [0, 0.05) is 18.9 Å². The summed E-state index contributed by atoms with van der Waals surface area (Å²) in [6, 6.07) is 4.54. The second-order valence-corrected chi connectivity index (χ2v) is 4.44. The third kappa shape index (κ3) is 3.93. The van der Waals surface area contributed by atoms with Crippen LogP contribution in [0.25, 0.3) is 0 Å². The van der Waals surface area contributed by atoms with E-state index in [-0.39, 0.29) is 17.5 Å². The normalized spacial score (nSPS) is 12.5. The standard InChI is InChI=1S/C14H20FNO/c1-3-4-12(9-16)14(17)8-11-5-6-13(15)7-10(11)2/h5-7,12H,3-4,8-9,16H2,1-2H3. The molecule has 1 atom stereocenters. The molecule has 0 saturated carbocycles. The SMILES string of the molecule is CCCC(CN)C(=O)Cc1ccc(F)cc1C. The van der Waals surface area contributed by atoms with Gasteiger partial charge in [-0.1, -0.05) is 19.4 Å². The second kappa shape index (κ2) is 6.50. The van der Waals surface area contributed by atoms with Crippen molar-refractivity contribution in [1.82, 2.24) is 0 Å². The third-order valence-electron chi connectivity index (χ3n) is 3.05. The molecule has 0 amide bonds. The van der Waals surface area contributed by atoms with Gasteiger partial charge in [-0.25, -0.2) is 4.39 Å². The van der Waals surface area contributed by atoms with Gasteiger partial charge in [0.1, 0.15) is 11.6 Å². The molecule has 0 aliphatic rings. The van der Waals surface area contributed by atoms with Crippen molar-refractivity contribution < 1.29 is 9.18 Å². The summed E-state index contributed by atoms with van der Waals surface area (Å²) >= 11 is 0. The van der Waals surface area contributed by atoms with Crippen molar-refractivity contribution >= 4 is 5.78 Å². The zero-order chi connectivity index (χ0) is 12.8. The first-order valence-electron chi connectivity index (χ1n) is 6.06. The van der Waals surface area contributed by atoms with Gasteiger partial charge in [0.25, 0.3) is 0 Å². The zero-order valence-electron chi connectivity index (χ0n) is 10.5. The molecule has 1 unspecified atom stereocenters. The molecule has 0 heterocycles. The Morgan fingerprint density at radius 3 is 2.71 bits per heavy atom. The van der Waals surface area contributed by atoms with E-state index >= 15 is 0 Å². The first-order valence-corrected chi connectivity index (χ1v) is 6.06. The molecule has 2 nitrogen and oxygen atoms in total. The van der Waals surface area contributed by atoms with Crippen molar-refractivity contribution in [2.45, 2.75) is 33.1 Å². The predicted octanol–water partition coefficient (Wildman–Crippen LogP) is 2.62. The van der Waals surface area contributed by atoms with Crippen LogP contribution in [-0.4, -0.2) is 12.3 Å². The minimum atomic E-state index is -0.261. The number of carbonyl (C=O) groups is 1. The van der Waals surface area contributed by atoms with Crippen LogP contribution in [0.4, 0.5) is 4.39 Å². The fourth-order valence-electron chi connectivity index (χ4n) is 1.95. The monoisotopic (exact) mass is 237 g/mol. The van der Waals surface area contributed by atoms with E-state index in [0.717, 1.165) is 24.0 Å². The lowest BCUT2D eigenvalue weighted by molar-refractivity contribution is -0.122. The van der Waals surface area contributed by atoms with Crippen LogP contribution in [0.3, 0.4) is 0 Å². The Hall–Kier alpha value is -1.22. The van der Waals surface area contributed by atoms with Gasteiger partial charge in [-0.3, -0.25) is 4.79 Å². The van der Waals surface area contributed by atoms with E-state index in [0.29, 0.717) is 13.0 Å². The molecule has 1 rings (SSSR count). The van der Waals surface area contributed by atoms with E-state index in [2.05, 4.69) is 0 Å². The lowest BCUT2D eigenvalue weighted by Crippen LogP contribution is -2.25. The molecule has 0 saturated heterocycles. The molecule has 0 aromatic heterocycles. The molecular formula is C14H20FNO. The van der Waals surface area contributed by atoms with Gasteiger partial charge in [0.05, 0.1) is 0 Å². The first-order chi connectivity index (χ1) is 8.08. The summed E-state index contributed by atoms with van der Waals surface area (Å²) in [5.41, 5.74) is 7.31. The number of carbonyl (C=O) groups excluding carboxylic acids is 1. The maximum absolute atomic E-state index is 12.9. The maximum atomic E-state index is 12.9. The Morgan fingerprint density at radius 2 is 2.18 bits per heavy atom. The maximum Gasteiger partial charge on any atom is 0.141 e. The Kier molecular flexibility index (Phi) is 5.29. The molecule has 94 valence electrons. The quantitative estimate of drug-likeness (QED) is 0.826. The first kappa shape index (κ1) is 13.8. The molecular weight excluding hydrogens is 217 g/mol. The van der Waals surface area contributed by atoms with Gasteiger partial charge >= 0.3 is 0 Å². The van der Waals surface area contributed by atoms with Crippen LogP contribution in [0.2, 0.25) is 0 Å². The summed E-state index contributed by atoms with van der Waals surface area (Å²) in [5, 5.41) is 0. The average molecular weight is 237 g/mol. The number of rotatable bonds is 6. The summed E-state index contributed by atoms with van der Waals surface area (Å²) in [7, 11) is 0. The van der Waals surface area contributed by atoms with Crippen molar-refractivity contribution in [3.63, 3.8) is 0 Å². The lowest BCUT2D eigenvalue weighted by atomic mass is 9.92. The van der Waals surface area contributed by atoms with E-state index < -0.39 is 0 Å². The molecule has 0 spiro atoms. The molecule has 0 fully saturated rings. The highest BCUT2D eigenvalue weighted by atomic mass is 19.1. The number of aryl methyl sites for hydroxylation is 1. The summed E-state index contributed by atoms with van der Waals surface area (Å²) < 4.78 is 12.9. The van der Waals surface area contributed by atoms with Crippen molar-refractivity contribution in [3.05, 3.63) is 35.1 Å². The fourth-order valence-corrected chi connectivity index (χ4v) is 1.95. The Balaban J connectivity index is 2.73. The van der Waals surface area contributed by atoms with E-state index in [1.54, 1.807) is 6.07 Å². The van der Waals surface area contributed by atoms with E-state index in [1.807, 2.05) is 13.8 Å². The second-order valence-electron chi connectivity index (χ2n) is 4.44. The minimum Gasteiger partial charge on any atom is -0.330 e. The summed E-state index contributed by atoms with van der Waals surface area (Å²) in [5.74, 6) is -0.170. The smallest absolute Gasteiger partial charge is 0.141 e. The van der Waals surface area contributed by atoms with Crippen LogP contribution in [0.1, 0.15) is 30.9 Å². The number of halogens is 1. The molecule has 3 heteroatoms. The lowest BCUT2D eigenvalue weighted by Gasteiger charge is -2.13. The molecule has 0 radical (unpaired) electrons. The van der Waals surface area contributed by atoms with Crippen molar-refractivity contribution in [3.8, 4) is 0 Å². The Labute approximate surface area is 102 Å². The highest BCUT2D eigenvalue weighted by Crippen LogP contribution is 2.15. The predicted molar refractivity (Wildman–Crippen MR) is 67.3 cm³/mol. The molecule has 1 aromatic carbocycles. The van der Waals surface area contributed by atoms with Crippen LogP contribution in [0.5, 0.6) is 0 Å². The number of hydrogen-bond donors (Lipinski definition) is 1. The Morgan fingerprint density at radius 1 is 1.47 bits per heavy atom. The largest absolute Gasteiger partial charge is 0.330 e.